The third-order valence-corrected chi connectivity index (χ3v) is 3.49. The van der Waals surface area contributed by atoms with Gasteiger partial charge in [0, 0.05) is 0 Å². The molecule has 2 aromatic carbocycles. The maximum atomic E-state index is 13.7. The van der Waals surface area contributed by atoms with E-state index in [1.165, 1.54) is 25.3 Å². The highest BCUT2D eigenvalue weighted by Crippen LogP contribution is 2.21. The molecule has 0 bridgehead atoms. The summed E-state index contributed by atoms with van der Waals surface area (Å²) in [5, 5.41) is 0. The minimum Gasteiger partial charge on any atom is -0.494 e. The van der Waals surface area contributed by atoms with Crippen LogP contribution in [0.4, 0.5) is 8.78 Å². The summed E-state index contributed by atoms with van der Waals surface area (Å²) >= 11 is 0. The highest BCUT2D eigenvalue weighted by atomic mass is 19.1. The molecule has 0 fully saturated rings. The zero-order chi connectivity index (χ0) is 15.2. The first-order valence-electron chi connectivity index (χ1n) is 6.89. The number of nitrogens with two attached hydrogens (primary N) is 1. The van der Waals surface area contributed by atoms with E-state index in [2.05, 4.69) is 0 Å². The second-order valence-electron chi connectivity index (χ2n) is 5.11. The number of hydrogen-bond donors (Lipinski definition) is 1. The molecule has 2 nitrogen and oxygen atoms in total. The molecule has 2 aromatic rings. The third-order valence-electron chi connectivity index (χ3n) is 3.49. The fourth-order valence-corrected chi connectivity index (χ4v) is 2.41. The molecule has 112 valence electrons. The van der Waals surface area contributed by atoms with Gasteiger partial charge in [-0.25, -0.2) is 8.78 Å². The number of hydrogen-bond acceptors (Lipinski definition) is 2. The Balaban J connectivity index is 2.07. The van der Waals surface area contributed by atoms with E-state index in [1.807, 2.05) is 12.1 Å². The molecule has 21 heavy (non-hydrogen) atoms. The van der Waals surface area contributed by atoms with Crippen molar-refractivity contribution in [2.45, 2.75) is 12.8 Å². The first-order valence-corrected chi connectivity index (χ1v) is 6.89. The Morgan fingerprint density at radius 1 is 1.05 bits per heavy atom. The van der Waals surface area contributed by atoms with Crippen LogP contribution in [0.1, 0.15) is 11.1 Å². The van der Waals surface area contributed by atoms with Gasteiger partial charge < -0.3 is 10.5 Å². The van der Waals surface area contributed by atoms with Gasteiger partial charge in [0.1, 0.15) is 5.82 Å². The van der Waals surface area contributed by atoms with Crippen LogP contribution >= 0.6 is 0 Å². The number of rotatable bonds is 6. The Kier molecular flexibility index (Phi) is 5.28. The average Bonchev–Trinajstić information content (AvgIpc) is 2.47. The Bertz CT molecular complexity index is 601. The molecule has 0 spiro atoms. The van der Waals surface area contributed by atoms with Crippen molar-refractivity contribution in [3.05, 3.63) is 65.2 Å². The van der Waals surface area contributed by atoms with Crippen molar-refractivity contribution < 1.29 is 13.5 Å². The molecular weight excluding hydrogens is 272 g/mol. The summed E-state index contributed by atoms with van der Waals surface area (Å²) in [5.74, 6) is -0.261. The van der Waals surface area contributed by atoms with Crippen LogP contribution in [0.2, 0.25) is 0 Å². The molecule has 0 aliphatic heterocycles. The summed E-state index contributed by atoms with van der Waals surface area (Å²) in [6, 6.07) is 11.4. The van der Waals surface area contributed by atoms with Gasteiger partial charge in [-0.1, -0.05) is 18.2 Å². The van der Waals surface area contributed by atoms with Crippen LogP contribution in [-0.2, 0) is 12.8 Å². The molecule has 4 heteroatoms. The van der Waals surface area contributed by atoms with Gasteiger partial charge in [0.05, 0.1) is 7.11 Å². The van der Waals surface area contributed by atoms with Gasteiger partial charge in [-0.15, -0.1) is 0 Å². The molecule has 2 rings (SSSR count). The van der Waals surface area contributed by atoms with Crippen LogP contribution in [0.25, 0.3) is 0 Å². The van der Waals surface area contributed by atoms with Gasteiger partial charge in [0.25, 0.3) is 0 Å². The Hall–Kier alpha value is -1.94. The molecule has 2 N–H and O–H groups in total. The molecule has 1 unspecified atom stereocenters. The smallest absolute Gasteiger partial charge is 0.165 e. The molecule has 0 heterocycles. The van der Waals surface area contributed by atoms with Gasteiger partial charge >= 0.3 is 0 Å². The predicted octanol–water partition coefficient (Wildman–Crippen LogP) is 3.33. The lowest BCUT2D eigenvalue weighted by Crippen LogP contribution is -2.19. The average molecular weight is 291 g/mol. The van der Waals surface area contributed by atoms with Crippen LogP contribution in [0.5, 0.6) is 5.75 Å². The maximum absolute atomic E-state index is 13.7. The van der Waals surface area contributed by atoms with Crippen molar-refractivity contribution in [1.29, 1.82) is 0 Å². The fraction of sp³-hybridized carbons (Fsp3) is 0.294. The molecule has 0 amide bonds. The number of ether oxygens (including phenoxy) is 1. The Morgan fingerprint density at radius 3 is 2.33 bits per heavy atom. The Morgan fingerprint density at radius 2 is 1.76 bits per heavy atom. The zero-order valence-corrected chi connectivity index (χ0v) is 12.0. The highest BCUT2D eigenvalue weighted by Gasteiger charge is 2.11. The van der Waals surface area contributed by atoms with Gasteiger partial charge in [-0.05, 0) is 60.7 Å². The molecule has 0 aliphatic rings. The second-order valence-corrected chi connectivity index (χ2v) is 5.11. The molecular formula is C17H19F2NO. The summed E-state index contributed by atoms with van der Waals surface area (Å²) in [5.41, 5.74) is 7.55. The van der Waals surface area contributed by atoms with Crippen molar-refractivity contribution in [2.75, 3.05) is 13.7 Å². The van der Waals surface area contributed by atoms with Crippen LogP contribution < -0.4 is 10.5 Å². The van der Waals surface area contributed by atoms with E-state index in [4.69, 9.17) is 10.5 Å². The first-order chi connectivity index (χ1) is 10.1. The van der Waals surface area contributed by atoms with Crippen LogP contribution in [0.15, 0.2) is 42.5 Å². The molecule has 0 radical (unpaired) electrons. The van der Waals surface area contributed by atoms with Crippen molar-refractivity contribution in [1.82, 2.24) is 0 Å². The van der Waals surface area contributed by atoms with Crippen LogP contribution in [0.3, 0.4) is 0 Å². The van der Waals surface area contributed by atoms with Crippen LogP contribution in [-0.4, -0.2) is 13.7 Å². The monoisotopic (exact) mass is 291 g/mol. The van der Waals surface area contributed by atoms with E-state index in [9.17, 15) is 8.78 Å². The minimum absolute atomic E-state index is 0.139. The van der Waals surface area contributed by atoms with E-state index in [-0.39, 0.29) is 23.3 Å². The SMILES string of the molecule is COc1ccc(CC(CN)Cc2cccc(F)c2)cc1F. The van der Waals surface area contributed by atoms with E-state index in [1.54, 1.807) is 12.1 Å². The quantitative estimate of drug-likeness (QED) is 0.886. The van der Waals surface area contributed by atoms with E-state index < -0.39 is 0 Å². The molecule has 0 aromatic heterocycles. The third kappa shape index (κ3) is 4.26. The molecule has 0 saturated carbocycles. The Labute approximate surface area is 123 Å². The number of halogens is 2. The van der Waals surface area contributed by atoms with Crippen molar-refractivity contribution in [3.63, 3.8) is 0 Å². The second kappa shape index (κ2) is 7.18. The largest absolute Gasteiger partial charge is 0.494 e. The van der Waals surface area contributed by atoms with E-state index in [0.717, 1.165) is 11.1 Å². The van der Waals surface area contributed by atoms with Gasteiger partial charge in [-0.3, -0.25) is 0 Å². The highest BCUT2D eigenvalue weighted by molar-refractivity contribution is 5.29. The standard InChI is InChI=1S/C17H19F2NO/c1-21-17-6-5-13(10-16(17)19)8-14(11-20)7-12-3-2-4-15(18)9-12/h2-6,9-10,14H,7-8,11,20H2,1H3. The summed E-state index contributed by atoms with van der Waals surface area (Å²) in [6.07, 6.45) is 1.32. The number of benzene rings is 2. The summed E-state index contributed by atoms with van der Waals surface area (Å²) in [4.78, 5) is 0. The minimum atomic E-state index is -0.378. The van der Waals surface area contributed by atoms with Gasteiger partial charge in [0.15, 0.2) is 11.6 Å². The van der Waals surface area contributed by atoms with E-state index >= 15 is 0 Å². The summed E-state index contributed by atoms with van der Waals surface area (Å²) < 4.78 is 31.8. The molecule has 0 saturated heterocycles. The first kappa shape index (κ1) is 15.4. The van der Waals surface area contributed by atoms with Gasteiger partial charge in [0.2, 0.25) is 0 Å². The van der Waals surface area contributed by atoms with Crippen molar-refractivity contribution in [2.24, 2.45) is 11.7 Å². The molecule has 1 atom stereocenters. The zero-order valence-electron chi connectivity index (χ0n) is 12.0. The van der Waals surface area contributed by atoms with E-state index in [0.29, 0.717) is 19.4 Å². The van der Waals surface area contributed by atoms with Gasteiger partial charge in [-0.2, -0.15) is 0 Å². The number of methoxy groups -OCH3 is 1. The molecule has 0 aliphatic carbocycles. The normalized spacial score (nSPS) is 12.2. The summed E-state index contributed by atoms with van der Waals surface area (Å²) in [6.45, 7) is 0.462. The van der Waals surface area contributed by atoms with Crippen LogP contribution in [0, 0.1) is 17.6 Å². The fourth-order valence-electron chi connectivity index (χ4n) is 2.41. The topological polar surface area (TPSA) is 35.2 Å². The summed E-state index contributed by atoms with van der Waals surface area (Å²) in [7, 11) is 1.44. The van der Waals surface area contributed by atoms with Crippen molar-refractivity contribution >= 4 is 0 Å². The lowest BCUT2D eigenvalue weighted by molar-refractivity contribution is 0.385. The van der Waals surface area contributed by atoms with Crippen molar-refractivity contribution in [3.8, 4) is 5.75 Å². The lowest BCUT2D eigenvalue weighted by atomic mass is 9.92. The lowest BCUT2D eigenvalue weighted by Gasteiger charge is -2.15. The maximum Gasteiger partial charge on any atom is 0.165 e. The predicted molar refractivity (Wildman–Crippen MR) is 79.3 cm³/mol.